The van der Waals surface area contributed by atoms with E-state index in [9.17, 15) is 13.6 Å². The van der Waals surface area contributed by atoms with Gasteiger partial charge in [-0.2, -0.15) is 5.10 Å². The number of likely N-dealkylation sites (tertiary alicyclic amines) is 1. The van der Waals surface area contributed by atoms with E-state index in [0.717, 1.165) is 54.4 Å². The summed E-state index contributed by atoms with van der Waals surface area (Å²) in [6.07, 6.45) is 4.03. The van der Waals surface area contributed by atoms with Gasteiger partial charge in [-0.1, -0.05) is 5.16 Å². The molecule has 2 aromatic heterocycles. The molecule has 1 aromatic carbocycles. The maximum atomic E-state index is 14.0. The number of carbonyl (C=O) groups is 1. The maximum absolute atomic E-state index is 14.0. The predicted octanol–water partition coefficient (Wildman–Crippen LogP) is 3.95. The third kappa shape index (κ3) is 3.54. The Hall–Kier alpha value is -3.03. The number of aromatic amines is 1. The molecule has 0 spiro atoms. The average molecular weight is 386 g/mol. The number of amides is 1. The van der Waals surface area contributed by atoms with Crippen molar-refractivity contribution in [1.29, 1.82) is 0 Å². The summed E-state index contributed by atoms with van der Waals surface area (Å²) in [5.74, 6) is -0.808. The zero-order chi connectivity index (χ0) is 19.7. The molecule has 1 aliphatic rings. The van der Waals surface area contributed by atoms with Crippen molar-refractivity contribution in [1.82, 2.24) is 20.3 Å². The van der Waals surface area contributed by atoms with Crippen LogP contribution in [0.15, 0.2) is 35.0 Å². The van der Waals surface area contributed by atoms with Gasteiger partial charge >= 0.3 is 0 Å². The zero-order valence-corrected chi connectivity index (χ0v) is 15.4. The fraction of sp³-hybridized carbons (Fsp3) is 0.350. The predicted molar refractivity (Wildman–Crippen MR) is 97.2 cm³/mol. The van der Waals surface area contributed by atoms with Crippen LogP contribution < -0.4 is 0 Å². The smallest absolute Gasteiger partial charge is 0.227 e. The molecule has 0 bridgehead atoms. The molecule has 8 heteroatoms. The summed E-state index contributed by atoms with van der Waals surface area (Å²) in [5.41, 5.74) is 2.33. The van der Waals surface area contributed by atoms with Crippen molar-refractivity contribution in [3.05, 3.63) is 59.0 Å². The summed E-state index contributed by atoms with van der Waals surface area (Å²) in [6.45, 7) is 2.38. The fourth-order valence-corrected chi connectivity index (χ4v) is 3.71. The first-order chi connectivity index (χ1) is 13.5. The SMILES string of the molecule is Cc1cc(-c2cn[nH]c2C2CCCCN2C(=O)Cc2cc(F)ccc2F)on1. The monoisotopic (exact) mass is 386 g/mol. The molecule has 1 amide bonds. The summed E-state index contributed by atoms with van der Waals surface area (Å²) >= 11 is 0. The minimum atomic E-state index is -0.581. The number of carbonyl (C=O) groups excluding carboxylic acids is 1. The Morgan fingerprint density at radius 1 is 1.32 bits per heavy atom. The van der Waals surface area contributed by atoms with Gasteiger partial charge in [0.25, 0.3) is 0 Å². The molecule has 3 heterocycles. The van der Waals surface area contributed by atoms with Crippen LogP contribution in [-0.4, -0.2) is 32.7 Å². The largest absolute Gasteiger partial charge is 0.356 e. The first-order valence-electron chi connectivity index (χ1n) is 9.23. The van der Waals surface area contributed by atoms with Crippen LogP contribution in [0.5, 0.6) is 0 Å². The molecule has 1 aliphatic heterocycles. The molecule has 0 radical (unpaired) electrons. The molecular weight excluding hydrogens is 366 g/mol. The Labute approximate surface area is 160 Å². The highest BCUT2D eigenvalue weighted by Crippen LogP contribution is 2.36. The summed E-state index contributed by atoms with van der Waals surface area (Å²) in [6, 6.07) is 4.74. The molecule has 1 atom stereocenters. The molecule has 146 valence electrons. The summed E-state index contributed by atoms with van der Waals surface area (Å²) < 4.78 is 32.8. The van der Waals surface area contributed by atoms with E-state index in [-0.39, 0.29) is 23.9 Å². The second-order valence-electron chi connectivity index (χ2n) is 7.04. The van der Waals surface area contributed by atoms with Crippen molar-refractivity contribution in [3.63, 3.8) is 0 Å². The zero-order valence-electron chi connectivity index (χ0n) is 15.4. The molecule has 0 saturated carbocycles. The molecule has 1 fully saturated rings. The maximum Gasteiger partial charge on any atom is 0.227 e. The third-order valence-electron chi connectivity index (χ3n) is 5.07. The van der Waals surface area contributed by atoms with Crippen LogP contribution in [0.2, 0.25) is 0 Å². The van der Waals surface area contributed by atoms with Crippen molar-refractivity contribution in [2.24, 2.45) is 0 Å². The van der Waals surface area contributed by atoms with Gasteiger partial charge in [-0.3, -0.25) is 9.89 Å². The van der Waals surface area contributed by atoms with Gasteiger partial charge in [0.15, 0.2) is 5.76 Å². The summed E-state index contributed by atoms with van der Waals surface area (Å²) in [5, 5.41) is 11.0. The number of benzene rings is 1. The number of nitrogens with zero attached hydrogens (tertiary/aromatic N) is 3. The fourth-order valence-electron chi connectivity index (χ4n) is 3.71. The molecule has 28 heavy (non-hydrogen) atoms. The molecule has 0 aliphatic carbocycles. The van der Waals surface area contributed by atoms with Crippen LogP contribution >= 0.6 is 0 Å². The summed E-state index contributed by atoms with van der Waals surface area (Å²) in [7, 11) is 0. The topological polar surface area (TPSA) is 75.0 Å². The highest BCUT2D eigenvalue weighted by atomic mass is 19.1. The number of nitrogens with one attached hydrogen (secondary N) is 1. The number of H-pyrrole nitrogens is 1. The van der Waals surface area contributed by atoms with E-state index in [1.807, 2.05) is 13.0 Å². The standard InChI is InChI=1S/C20H20F2N4O2/c1-12-8-18(28-25-12)15-11-23-24-20(15)17-4-2-3-7-26(17)19(27)10-13-9-14(21)5-6-16(13)22/h5-6,8-9,11,17H,2-4,7,10H2,1H3,(H,23,24). The number of rotatable bonds is 4. The number of aryl methyl sites for hydroxylation is 1. The van der Waals surface area contributed by atoms with E-state index in [1.54, 1.807) is 11.1 Å². The lowest BCUT2D eigenvalue weighted by Gasteiger charge is -2.35. The van der Waals surface area contributed by atoms with Gasteiger partial charge in [-0.05, 0) is 44.4 Å². The lowest BCUT2D eigenvalue weighted by atomic mass is 9.95. The molecule has 1 N–H and O–H groups in total. The van der Waals surface area contributed by atoms with E-state index in [1.165, 1.54) is 0 Å². The van der Waals surface area contributed by atoms with E-state index in [4.69, 9.17) is 4.52 Å². The Morgan fingerprint density at radius 2 is 2.18 bits per heavy atom. The minimum absolute atomic E-state index is 0.0602. The lowest BCUT2D eigenvalue weighted by Crippen LogP contribution is -2.39. The average Bonchev–Trinajstić information content (AvgIpc) is 3.33. The Kier molecular flexibility index (Phi) is 4.93. The van der Waals surface area contributed by atoms with Gasteiger partial charge in [-0.25, -0.2) is 8.78 Å². The minimum Gasteiger partial charge on any atom is -0.356 e. The van der Waals surface area contributed by atoms with Crippen LogP contribution in [-0.2, 0) is 11.2 Å². The highest BCUT2D eigenvalue weighted by Gasteiger charge is 2.32. The van der Waals surface area contributed by atoms with Gasteiger partial charge in [0.05, 0.1) is 35.6 Å². The first kappa shape index (κ1) is 18.3. The Morgan fingerprint density at radius 3 is 2.96 bits per heavy atom. The van der Waals surface area contributed by atoms with Crippen molar-refractivity contribution in [2.75, 3.05) is 6.54 Å². The van der Waals surface area contributed by atoms with Gasteiger partial charge in [0.1, 0.15) is 11.6 Å². The van der Waals surface area contributed by atoms with Gasteiger partial charge in [0.2, 0.25) is 5.91 Å². The normalized spacial score (nSPS) is 17.1. The molecule has 4 rings (SSSR count). The van der Waals surface area contributed by atoms with Gasteiger partial charge < -0.3 is 9.42 Å². The number of hydrogen-bond donors (Lipinski definition) is 1. The second kappa shape index (κ2) is 7.53. The van der Waals surface area contributed by atoms with E-state index in [2.05, 4.69) is 15.4 Å². The number of piperidine rings is 1. The van der Waals surface area contributed by atoms with E-state index < -0.39 is 11.6 Å². The Balaban J connectivity index is 1.61. The van der Waals surface area contributed by atoms with Crippen molar-refractivity contribution < 1.29 is 18.1 Å². The number of halogens is 2. The summed E-state index contributed by atoms with van der Waals surface area (Å²) in [4.78, 5) is 14.7. The molecule has 3 aromatic rings. The van der Waals surface area contributed by atoms with Gasteiger partial charge in [0, 0.05) is 18.2 Å². The number of hydrogen-bond acceptors (Lipinski definition) is 4. The van der Waals surface area contributed by atoms with E-state index in [0.29, 0.717) is 12.3 Å². The van der Waals surface area contributed by atoms with Crippen molar-refractivity contribution in [3.8, 4) is 11.3 Å². The van der Waals surface area contributed by atoms with Crippen LogP contribution in [0.1, 0.15) is 42.3 Å². The van der Waals surface area contributed by atoms with Crippen LogP contribution in [0.4, 0.5) is 8.78 Å². The second-order valence-corrected chi connectivity index (χ2v) is 7.04. The first-order valence-corrected chi connectivity index (χ1v) is 9.23. The van der Waals surface area contributed by atoms with Crippen molar-refractivity contribution >= 4 is 5.91 Å². The molecule has 6 nitrogen and oxygen atoms in total. The van der Waals surface area contributed by atoms with Crippen LogP contribution in [0, 0.1) is 18.6 Å². The van der Waals surface area contributed by atoms with Crippen LogP contribution in [0.3, 0.4) is 0 Å². The van der Waals surface area contributed by atoms with E-state index >= 15 is 0 Å². The number of aromatic nitrogens is 3. The van der Waals surface area contributed by atoms with Crippen molar-refractivity contribution in [2.45, 2.75) is 38.6 Å². The lowest BCUT2D eigenvalue weighted by molar-refractivity contribution is -0.134. The van der Waals surface area contributed by atoms with Gasteiger partial charge in [-0.15, -0.1) is 0 Å². The highest BCUT2D eigenvalue weighted by molar-refractivity contribution is 5.79. The molecule has 1 unspecified atom stereocenters. The van der Waals surface area contributed by atoms with Crippen LogP contribution in [0.25, 0.3) is 11.3 Å². The molecular formula is C20H20F2N4O2. The molecule has 1 saturated heterocycles. The third-order valence-corrected chi connectivity index (χ3v) is 5.07. The Bertz CT molecular complexity index is 998. The quantitative estimate of drug-likeness (QED) is 0.737.